The number of nitrogens with one attached hydrogen (secondary N) is 10. The number of imidazole rings is 1. The van der Waals surface area contributed by atoms with Crippen molar-refractivity contribution in [3.05, 3.63) is 90.1 Å². The van der Waals surface area contributed by atoms with Gasteiger partial charge in [0.2, 0.25) is 29.5 Å². The van der Waals surface area contributed by atoms with Gasteiger partial charge in [-0.15, -0.1) is 0 Å². The second-order valence-corrected chi connectivity index (χ2v) is 16.4. The van der Waals surface area contributed by atoms with Crippen LogP contribution in [-0.2, 0) is 51.8 Å². The number of piperidine rings is 1. The fraction of sp³-hybridized carbons (Fsp3) is 0.381. The maximum Gasteiger partial charge on any atom is 0.325 e. The third-order valence-electron chi connectivity index (χ3n) is 12.7. The van der Waals surface area contributed by atoms with Crippen LogP contribution >= 0.6 is 0 Å². The van der Waals surface area contributed by atoms with Gasteiger partial charge in [0, 0.05) is 73.3 Å². The number of primary amides is 1. The fourth-order valence-corrected chi connectivity index (χ4v) is 9.72. The number of fused-ring (bicyclic) bond motifs is 6. The molecule has 14 N–H and O–H groups in total. The Labute approximate surface area is 364 Å². The van der Waals surface area contributed by atoms with Crippen molar-refractivity contribution in [2.24, 2.45) is 17.4 Å². The first-order chi connectivity index (χ1) is 30.8. The van der Waals surface area contributed by atoms with Gasteiger partial charge in [0.05, 0.1) is 11.7 Å². The molecule has 2 aromatic heterocycles. The molecule has 4 saturated heterocycles. The maximum absolute atomic E-state index is 15.7. The third-order valence-corrected chi connectivity index (χ3v) is 12.7. The summed E-state index contributed by atoms with van der Waals surface area (Å²) in [6.45, 7) is -0.348. The van der Waals surface area contributed by atoms with E-state index in [1.807, 2.05) is 24.3 Å². The van der Waals surface area contributed by atoms with Gasteiger partial charge in [-0.25, -0.2) is 14.7 Å². The quantitative estimate of drug-likeness (QED) is 0.0460. The SMILES string of the molecule is N=C(N)NCCC1NC[C@@H](C(N)=O)NC(=O)[C@H](Cc2c[nH]c3ccccc23)NC(=O)[C@H]2NC(=O)[C@@H]3NC(=O)[C@H](Cc4cnc[nH]4)N4C(=O)N[C@@H](CCC(=O)C3(c3ccccc3)C12)C4=O. The molecule has 8 amide bonds. The highest BCUT2D eigenvalue weighted by Gasteiger charge is 2.65. The van der Waals surface area contributed by atoms with E-state index in [0.717, 1.165) is 15.8 Å². The van der Waals surface area contributed by atoms with E-state index < -0.39 is 107 Å². The highest BCUT2D eigenvalue weighted by Crippen LogP contribution is 2.46. The lowest BCUT2D eigenvalue weighted by Crippen LogP contribution is -2.78. The highest BCUT2D eigenvalue weighted by atomic mass is 16.2. The molecule has 6 heterocycles. The average molecular weight is 877 g/mol. The van der Waals surface area contributed by atoms with Crippen molar-refractivity contribution in [2.75, 3.05) is 13.1 Å². The zero-order valence-corrected chi connectivity index (χ0v) is 34.3. The van der Waals surface area contributed by atoms with Gasteiger partial charge < -0.3 is 58.7 Å². The Morgan fingerprint density at radius 2 is 1.62 bits per heavy atom. The van der Waals surface area contributed by atoms with Crippen molar-refractivity contribution in [3.8, 4) is 0 Å². The van der Waals surface area contributed by atoms with Crippen LogP contribution in [-0.4, -0.2) is 128 Å². The van der Waals surface area contributed by atoms with E-state index >= 15 is 14.4 Å². The van der Waals surface area contributed by atoms with E-state index in [-0.39, 0.29) is 50.3 Å². The summed E-state index contributed by atoms with van der Waals surface area (Å²) in [7, 11) is 0. The number of nitrogens with zero attached hydrogens (tertiary/aromatic N) is 2. The summed E-state index contributed by atoms with van der Waals surface area (Å²) in [6.07, 6.45) is 3.48. The molecule has 0 spiro atoms. The van der Waals surface area contributed by atoms with Crippen LogP contribution in [0.5, 0.6) is 0 Å². The zero-order valence-electron chi connectivity index (χ0n) is 34.3. The van der Waals surface area contributed by atoms with E-state index in [9.17, 15) is 24.0 Å². The number of ketones is 1. The number of aromatic amines is 2. The minimum absolute atomic E-state index is 0.0159. The van der Waals surface area contributed by atoms with E-state index in [1.165, 1.54) is 12.5 Å². The Morgan fingerprint density at radius 1 is 0.859 bits per heavy atom. The third kappa shape index (κ3) is 7.98. The number of benzene rings is 2. The average Bonchev–Trinajstić information content (AvgIpc) is 4.01. The number of imide groups is 1. The summed E-state index contributed by atoms with van der Waals surface area (Å²) >= 11 is 0. The predicted octanol–water partition coefficient (Wildman–Crippen LogP) is -2.83. The first kappa shape index (κ1) is 43.0. The number of rotatable bonds is 9. The molecule has 4 aliphatic rings. The number of hydrogen-bond donors (Lipinski definition) is 12. The highest BCUT2D eigenvalue weighted by molar-refractivity contribution is 6.10. The molecule has 22 nitrogen and oxygen atoms in total. The Hall–Kier alpha value is -7.62. The number of nitrogens with two attached hydrogens (primary N) is 2. The van der Waals surface area contributed by atoms with Gasteiger partial charge in [0.25, 0.3) is 5.91 Å². The van der Waals surface area contributed by atoms with Crippen LogP contribution in [0.15, 0.2) is 73.3 Å². The van der Waals surface area contributed by atoms with Gasteiger partial charge in [0.1, 0.15) is 42.0 Å². The number of amides is 8. The number of hydrogen-bond acceptors (Lipinski definition) is 11. The second-order valence-electron chi connectivity index (χ2n) is 16.4. The number of H-pyrrole nitrogens is 2. The molecule has 4 aliphatic heterocycles. The number of urea groups is 1. The predicted molar refractivity (Wildman–Crippen MR) is 226 cm³/mol. The summed E-state index contributed by atoms with van der Waals surface area (Å²) < 4.78 is 0. The zero-order chi connectivity index (χ0) is 45.3. The molecular weight excluding hydrogens is 829 g/mol. The van der Waals surface area contributed by atoms with E-state index in [1.54, 1.807) is 36.5 Å². The molecule has 0 saturated carbocycles. The monoisotopic (exact) mass is 876 g/mol. The van der Waals surface area contributed by atoms with Crippen molar-refractivity contribution in [1.29, 1.82) is 5.41 Å². The van der Waals surface area contributed by atoms with Crippen LogP contribution in [0.25, 0.3) is 10.9 Å². The molecule has 4 fully saturated rings. The van der Waals surface area contributed by atoms with Crippen molar-refractivity contribution in [2.45, 2.75) is 79.8 Å². The molecule has 0 aliphatic carbocycles. The molecule has 9 atom stereocenters. The van der Waals surface area contributed by atoms with Gasteiger partial charge in [-0.3, -0.25) is 39.0 Å². The summed E-state index contributed by atoms with van der Waals surface area (Å²) in [4.78, 5) is 126. The fourth-order valence-electron chi connectivity index (χ4n) is 9.72. The van der Waals surface area contributed by atoms with Gasteiger partial charge >= 0.3 is 6.03 Å². The minimum atomic E-state index is -2.14. The van der Waals surface area contributed by atoms with Crippen molar-refractivity contribution >= 4 is 64.1 Å². The molecule has 2 bridgehead atoms. The summed E-state index contributed by atoms with van der Waals surface area (Å²) in [5, 5.41) is 28.3. The lowest BCUT2D eigenvalue weighted by Gasteiger charge is -2.54. The van der Waals surface area contributed by atoms with Crippen molar-refractivity contribution in [3.63, 3.8) is 0 Å². The first-order valence-corrected chi connectivity index (χ1v) is 20.8. The Kier molecular flexibility index (Phi) is 11.9. The van der Waals surface area contributed by atoms with Crippen LogP contribution in [0.3, 0.4) is 0 Å². The minimum Gasteiger partial charge on any atom is -0.370 e. The van der Waals surface area contributed by atoms with E-state index in [4.69, 9.17) is 16.9 Å². The smallest absolute Gasteiger partial charge is 0.325 e. The standard InChI is InChI=1S/C42H48N14O8/c43-34(58)28-18-49-25(12-13-47-40(44)45)31-32(37(61)51-27(35(59)52-28)14-20-16-48-24-9-5-4-8-23(20)24)54-38(62)33-42(31,21-6-2-1-3-7-21)30(57)11-10-26-39(63)56(41(64)53-26)29(36(60)55-33)15-22-17-46-19-50-22/h1-9,16-17,19,25-29,31-33,48-49H,10-15,18H2,(H2,43,58)(H,46,50)(H,51,61)(H,52,59)(H,53,64)(H,54,62)(H,55,60)(H4,44,45,47)/t25?,26-,27-,28-,29-,31?,32-,33-,42?/m0/s1. The molecule has 4 aromatic rings. The number of carbonyl (C=O) groups is 8. The molecule has 64 heavy (non-hydrogen) atoms. The summed E-state index contributed by atoms with van der Waals surface area (Å²) in [5.74, 6) is -7.60. The number of para-hydroxylation sites is 1. The number of aromatic nitrogens is 3. The largest absolute Gasteiger partial charge is 0.370 e. The van der Waals surface area contributed by atoms with Gasteiger partial charge in [-0.1, -0.05) is 48.5 Å². The van der Waals surface area contributed by atoms with Crippen LogP contribution in [0.2, 0.25) is 0 Å². The molecule has 0 radical (unpaired) electrons. The van der Waals surface area contributed by atoms with Crippen molar-refractivity contribution < 1.29 is 38.4 Å². The lowest BCUT2D eigenvalue weighted by molar-refractivity contribution is -0.149. The Balaban J connectivity index is 1.31. The molecule has 22 heteroatoms. The summed E-state index contributed by atoms with van der Waals surface area (Å²) in [6, 6.07) is 4.69. The first-order valence-electron chi connectivity index (χ1n) is 20.8. The van der Waals surface area contributed by atoms with Crippen molar-refractivity contribution in [1.82, 2.24) is 57.1 Å². The topological polar surface area (TPSA) is 344 Å². The molecule has 3 unspecified atom stereocenters. The van der Waals surface area contributed by atoms with E-state index in [2.05, 4.69) is 52.2 Å². The normalized spacial score (nSPS) is 28.8. The number of guanidine groups is 1. The van der Waals surface area contributed by atoms with Crippen LogP contribution in [0.4, 0.5) is 4.79 Å². The van der Waals surface area contributed by atoms with Crippen LogP contribution in [0.1, 0.15) is 36.1 Å². The van der Waals surface area contributed by atoms with Gasteiger partial charge in [-0.2, -0.15) is 0 Å². The second kappa shape index (κ2) is 17.6. The van der Waals surface area contributed by atoms with Gasteiger partial charge in [-0.05, 0) is 30.0 Å². The molecular formula is C42H48N14O8. The van der Waals surface area contributed by atoms with E-state index in [0.29, 0.717) is 11.3 Å². The van der Waals surface area contributed by atoms with Gasteiger partial charge in [0.15, 0.2) is 5.96 Å². The maximum atomic E-state index is 15.7. The molecule has 2 aromatic carbocycles. The van der Waals surface area contributed by atoms with Crippen LogP contribution in [0, 0.1) is 11.3 Å². The number of Topliss-reactive ketones (excluding diaryl/α,β-unsaturated/α-hetero) is 1. The lowest BCUT2D eigenvalue weighted by atomic mass is 9.55. The molecule has 8 rings (SSSR count). The summed E-state index contributed by atoms with van der Waals surface area (Å²) in [5.41, 5.74) is 11.5. The molecule has 334 valence electrons. The van der Waals surface area contributed by atoms with Crippen LogP contribution < -0.4 is 48.7 Å². The Morgan fingerprint density at radius 3 is 2.36 bits per heavy atom. The Bertz CT molecular complexity index is 2510. The number of carbonyl (C=O) groups excluding carboxylic acids is 8.